The van der Waals surface area contributed by atoms with Gasteiger partial charge in [-0.15, -0.1) is 0 Å². The van der Waals surface area contributed by atoms with E-state index in [0.29, 0.717) is 22.5 Å². The third kappa shape index (κ3) is 4.66. The summed E-state index contributed by atoms with van der Waals surface area (Å²) >= 11 is 0. The maximum absolute atomic E-state index is 14.3. The van der Waals surface area contributed by atoms with Crippen molar-refractivity contribution in [3.8, 4) is 11.1 Å². The Morgan fingerprint density at radius 3 is 2.38 bits per heavy atom. The monoisotopic (exact) mass is 443 g/mol. The Kier molecular flexibility index (Phi) is 5.47. The van der Waals surface area contributed by atoms with Gasteiger partial charge in [-0.2, -0.15) is 23.3 Å². The highest BCUT2D eigenvalue weighted by Crippen LogP contribution is 2.34. The van der Waals surface area contributed by atoms with Gasteiger partial charge in [0.15, 0.2) is 5.82 Å². The molecular formula is C21H17F4N7. The number of halogens is 4. The van der Waals surface area contributed by atoms with E-state index in [1.807, 2.05) is 0 Å². The molecule has 3 heterocycles. The molecule has 0 amide bonds. The number of nitrogens with one attached hydrogen (secondary N) is 2. The van der Waals surface area contributed by atoms with E-state index in [1.165, 1.54) is 24.4 Å². The van der Waals surface area contributed by atoms with Gasteiger partial charge in [0, 0.05) is 30.7 Å². The second kappa shape index (κ2) is 8.25. The highest BCUT2D eigenvalue weighted by molar-refractivity contribution is 5.79. The van der Waals surface area contributed by atoms with Crippen LogP contribution in [0, 0.1) is 12.7 Å². The quantitative estimate of drug-likeness (QED) is 0.412. The van der Waals surface area contributed by atoms with E-state index in [9.17, 15) is 17.6 Å². The molecule has 32 heavy (non-hydrogen) atoms. The van der Waals surface area contributed by atoms with Gasteiger partial charge in [0.1, 0.15) is 5.82 Å². The number of pyridine rings is 1. The van der Waals surface area contributed by atoms with E-state index in [2.05, 4.69) is 30.7 Å². The topological polar surface area (TPSA) is 80.5 Å². The molecular weight excluding hydrogens is 426 g/mol. The minimum atomic E-state index is -4.45. The minimum absolute atomic E-state index is 0.122. The normalized spacial score (nSPS) is 11.4. The molecule has 0 aliphatic rings. The summed E-state index contributed by atoms with van der Waals surface area (Å²) in [6, 6.07) is 6.07. The number of aromatic nitrogens is 5. The molecule has 1 aromatic carbocycles. The summed E-state index contributed by atoms with van der Waals surface area (Å²) in [6.07, 6.45) is 1.36. The number of rotatable bonds is 5. The van der Waals surface area contributed by atoms with Crippen molar-refractivity contribution in [2.75, 3.05) is 10.6 Å². The SMILES string of the molecule is Cc1cc(Nc2nc(Nc3cnn(C)c3)ncc2-c2ccc(C(F)(F)F)cc2)c(F)cn1. The van der Waals surface area contributed by atoms with Gasteiger partial charge < -0.3 is 10.6 Å². The van der Waals surface area contributed by atoms with Crippen molar-refractivity contribution in [1.82, 2.24) is 24.7 Å². The second-order valence-electron chi connectivity index (χ2n) is 6.99. The van der Waals surface area contributed by atoms with Crippen LogP contribution in [0.4, 0.5) is 40.7 Å². The molecule has 0 saturated carbocycles. The molecule has 0 aliphatic carbocycles. The Hall–Kier alpha value is -4.02. The Morgan fingerprint density at radius 2 is 1.72 bits per heavy atom. The molecule has 0 unspecified atom stereocenters. The van der Waals surface area contributed by atoms with Crippen molar-refractivity contribution >= 4 is 23.1 Å². The third-order valence-electron chi connectivity index (χ3n) is 4.52. The van der Waals surface area contributed by atoms with Crippen LogP contribution >= 0.6 is 0 Å². The molecule has 164 valence electrons. The maximum atomic E-state index is 14.3. The van der Waals surface area contributed by atoms with Crippen LogP contribution in [-0.2, 0) is 13.2 Å². The zero-order valence-corrected chi connectivity index (χ0v) is 16.9. The number of hydrogen-bond donors (Lipinski definition) is 2. The van der Waals surface area contributed by atoms with E-state index in [1.54, 1.807) is 31.0 Å². The highest BCUT2D eigenvalue weighted by Gasteiger charge is 2.30. The van der Waals surface area contributed by atoms with Gasteiger partial charge in [-0.3, -0.25) is 9.67 Å². The molecule has 0 saturated heterocycles. The average molecular weight is 443 g/mol. The summed E-state index contributed by atoms with van der Waals surface area (Å²) < 4.78 is 54.7. The Labute approximate surface area is 180 Å². The number of anilines is 4. The zero-order valence-electron chi connectivity index (χ0n) is 16.9. The van der Waals surface area contributed by atoms with Crippen molar-refractivity contribution in [2.24, 2.45) is 7.05 Å². The third-order valence-corrected chi connectivity index (χ3v) is 4.52. The van der Waals surface area contributed by atoms with Crippen LogP contribution in [0.3, 0.4) is 0 Å². The molecule has 0 bridgehead atoms. The van der Waals surface area contributed by atoms with Crippen molar-refractivity contribution in [3.05, 3.63) is 72.2 Å². The minimum Gasteiger partial charge on any atom is -0.337 e. The smallest absolute Gasteiger partial charge is 0.337 e. The maximum Gasteiger partial charge on any atom is 0.416 e. The average Bonchev–Trinajstić information content (AvgIpc) is 3.15. The molecule has 0 atom stereocenters. The zero-order chi connectivity index (χ0) is 22.9. The number of benzene rings is 1. The van der Waals surface area contributed by atoms with Gasteiger partial charge in [0.25, 0.3) is 0 Å². The number of alkyl halides is 3. The standard InChI is InChI=1S/C21H17F4N7/c1-12-7-18(17(22)10-26-12)30-19-16(13-3-5-14(6-4-13)21(23,24)25)9-27-20(31-19)29-15-8-28-32(2)11-15/h3-11H,1-2H3,(H2,26,27,29,30,31). The van der Waals surface area contributed by atoms with Gasteiger partial charge in [-0.1, -0.05) is 12.1 Å². The summed E-state index contributed by atoms with van der Waals surface area (Å²) in [5.74, 6) is -0.202. The van der Waals surface area contributed by atoms with Crippen LogP contribution in [0.5, 0.6) is 0 Å². The first kappa shape index (κ1) is 21.2. The molecule has 4 rings (SSSR count). The Morgan fingerprint density at radius 1 is 0.969 bits per heavy atom. The van der Waals surface area contributed by atoms with E-state index in [4.69, 9.17) is 0 Å². The van der Waals surface area contributed by atoms with Crippen molar-refractivity contribution in [1.29, 1.82) is 0 Å². The summed E-state index contributed by atoms with van der Waals surface area (Å²) in [6.45, 7) is 1.71. The first-order valence-corrected chi connectivity index (χ1v) is 9.38. The van der Waals surface area contributed by atoms with Crippen molar-refractivity contribution < 1.29 is 17.6 Å². The summed E-state index contributed by atoms with van der Waals surface area (Å²) in [7, 11) is 1.75. The highest BCUT2D eigenvalue weighted by atomic mass is 19.4. The first-order chi connectivity index (χ1) is 15.2. The van der Waals surface area contributed by atoms with Crippen LogP contribution in [0.25, 0.3) is 11.1 Å². The van der Waals surface area contributed by atoms with Gasteiger partial charge in [0.05, 0.1) is 29.3 Å². The predicted molar refractivity (Wildman–Crippen MR) is 111 cm³/mol. The predicted octanol–water partition coefficient (Wildman–Crippen LogP) is 5.23. The van der Waals surface area contributed by atoms with E-state index in [0.717, 1.165) is 18.3 Å². The van der Waals surface area contributed by atoms with Crippen molar-refractivity contribution in [2.45, 2.75) is 13.1 Å². The molecule has 0 spiro atoms. The van der Waals surface area contributed by atoms with E-state index in [-0.39, 0.29) is 17.5 Å². The molecule has 3 aromatic heterocycles. The van der Waals surface area contributed by atoms with Gasteiger partial charge >= 0.3 is 6.18 Å². The number of hydrogen-bond acceptors (Lipinski definition) is 6. The Bertz CT molecular complexity index is 1250. The summed E-state index contributed by atoms with van der Waals surface area (Å²) in [5.41, 5.74) is 1.38. The molecule has 11 heteroatoms. The van der Waals surface area contributed by atoms with E-state index >= 15 is 0 Å². The lowest BCUT2D eigenvalue weighted by atomic mass is 10.1. The molecule has 0 aliphatic heterocycles. The molecule has 7 nitrogen and oxygen atoms in total. The summed E-state index contributed by atoms with van der Waals surface area (Å²) in [4.78, 5) is 12.6. The lowest BCUT2D eigenvalue weighted by molar-refractivity contribution is -0.137. The number of aryl methyl sites for hydroxylation is 2. The lowest BCUT2D eigenvalue weighted by Crippen LogP contribution is -2.05. The van der Waals surface area contributed by atoms with Gasteiger partial charge in [-0.25, -0.2) is 9.37 Å². The largest absolute Gasteiger partial charge is 0.416 e. The van der Waals surface area contributed by atoms with Crippen LogP contribution in [0.2, 0.25) is 0 Å². The molecule has 0 radical (unpaired) electrons. The fraction of sp³-hybridized carbons (Fsp3) is 0.143. The first-order valence-electron chi connectivity index (χ1n) is 9.38. The summed E-state index contributed by atoms with van der Waals surface area (Å²) in [5, 5.41) is 9.94. The van der Waals surface area contributed by atoms with Crippen LogP contribution in [0.1, 0.15) is 11.3 Å². The molecule has 4 aromatic rings. The van der Waals surface area contributed by atoms with Crippen LogP contribution < -0.4 is 10.6 Å². The van der Waals surface area contributed by atoms with Gasteiger partial charge in [-0.05, 0) is 30.7 Å². The fourth-order valence-corrected chi connectivity index (χ4v) is 2.97. The molecule has 0 fully saturated rings. The van der Waals surface area contributed by atoms with E-state index < -0.39 is 17.6 Å². The Balaban J connectivity index is 1.75. The fourth-order valence-electron chi connectivity index (χ4n) is 2.97. The van der Waals surface area contributed by atoms with Gasteiger partial charge in [0.2, 0.25) is 5.95 Å². The number of nitrogens with zero attached hydrogens (tertiary/aromatic N) is 5. The lowest BCUT2D eigenvalue weighted by Gasteiger charge is -2.14. The molecule has 2 N–H and O–H groups in total. The van der Waals surface area contributed by atoms with Crippen LogP contribution in [0.15, 0.2) is 55.1 Å². The van der Waals surface area contributed by atoms with Crippen LogP contribution in [-0.4, -0.2) is 24.7 Å². The van der Waals surface area contributed by atoms with Crippen molar-refractivity contribution in [3.63, 3.8) is 0 Å². The second-order valence-corrected chi connectivity index (χ2v) is 6.99.